The topological polar surface area (TPSA) is 75.7 Å². The highest BCUT2D eigenvalue weighted by molar-refractivity contribution is 7.91. The van der Waals surface area contributed by atoms with E-state index in [4.69, 9.17) is 4.74 Å². The van der Waals surface area contributed by atoms with Gasteiger partial charge in [0.2, 0.25) is 15.7 Å². The summed E-state index contributed by atoms with van der Waals surface area (Å²) in [5, 5.41) is 2.95. The lowest BCUT2D eigenvalue weighted by atomic mass is 9.95. The molecule has 1 aliphatic heterocycles. The van der Waals surface area contributed by atoms with Crippen LogP contribution in [0.25, 0.3) is 0 Å². The smallest absolute Gasteiger partial charge is 0.341 e. The van der Waals surface area contributed by atoms with Crippen LogP contribution in [0, 0.1) is 5.92 Å². The van der Waals surface area contributed by atoms with Gasteiger partial charge in [-0.25, -0.2) is 8.42 Å². The highest BCUT2D eigenvalue weighted by Crippen LogP contribution is 2.22. The summed E-state index contributed by atoms with van der Waals surface area (Å²) in [6, 6.07) is 5.57. The molecule has 28 heavy (non-hydrogen) atoms. The Morgan fingerprint density at radius 1 is 1.25 bits per heavy atom. The number of ether oxygens (including phenoxy) is 1. The molecule has 6 nitrogen and oxygen atoms in total. The summed E-state index contributed by atoms with van der Waals surface area (Å²) in [6.07, 6.45) is 2.32. The molecule has 9 heteroatoms. The fourth-order valence-corrected chi connectivity index (χ4v) is 3.89. The second kappa shape index (κ2) is 10.8. The van der Waals surface area contributed by atoms with E-state index in [0.717, 1.165) is 37.9 Å². The first kappa shape index (κ1) is 22.7. The third kappa shape index (κ3) is 6.49. The van der Waals surface area contributed by atoms with Gasteiger partial charge < -0.3 is 10.1 Å². The number of piperidine rings is 1. The van der Waals surface area contributed by atoms with Crippen LogP contribution < -0.4 is 5.32 Å². The summed E-state index contributed by atoms with van der Waals surface area (Å²) in [5.41, 5.74) is 0.854. The average molecular weight is 419 g/mol. The zero-order valence-electron chi connectivity index (χ0n) is 16.1. The Kier molecular flexibility index (Phi) is 8.78. The maximum Gasteiger partial charge on any atom is 0.341 e. The molecule has 1 aliphatic rings. The quantitative estimate of drug-likeness (QED) is 0.591. The minimum Gasteiger partial charge on any atom is -0.382 e. The van der Waals surface area contributed by atoms with Gasteiger partial charge in [0.05, 0.1) is 4.90 Å². The van der Waals surface area contributed by atoms with Crippen LogP contribution in [-0.2, 0) is 25.9 Å². The van der Waals surface area contributed by atoms with Crippen molar-refractivity contribution in [2.75, 3.05) is 32.8 Å². The number of rotatable bonds is 10. The van der Waals surface area contributed by atoms with Crippen LogP contribution >= 0.6 is 0 Å². The van der Waals surface area contributed by atoms with Gasteiger partial charge in [0.1, 0.15) is 0 Å². The first-order chi connectivity index (χ1) is 13.3. The number of carbonyl (C=O) groups is 1. The number of hydrogen-bond acceptors (Lipinski definition) is 5. The van der Waals surface area contributed by atoms with Crippen molar-refractivity contribution in [1.29, 1.82) is 0 Å². The van der Waals surface area contributed by atoms with Crippen molar-refractivity contribution in [2.45, 2.75) is 43.4 Å². The van der Waals surface area contributed by atoms with Crippen LogP contribution in [-0.4, -0.2) is 57.8 Å². The van der Waals surface area contributed by atoms with Gasteiger partial charge in [0, 0.05) is 32.2 Å². The van der Waals surface area contributed by atoms with Crippen LogP contribution in [0.1, 0.15) is 31.7 Å². The van der Waals surface area contributed by atoms with Crippen molar-refractivity contribution >= 4 is 15.7 Å². The van der Waals surface area contributed by atoms with Crippen molar-refractivity contribution in [3.8, 4) is 0 Å². The molecular formula is C19H28F2N2O4S. The third-order valence-electron chi connectivity index (χ3n) is 4.82. The zero-order valence-corrected chi connectivity index (χ0v) is 16.9. The Balaban J connectivity index is 1.76. The van der Waals surface area contributed by atoms with E-state index < -0.39 is 15.6 Å². The number of nitrogens with one attached hydrogen (secondary N) is 1. The summed E-state index contributed by atoms with van der Waals surface area (Å²) in [6.45, 7) is 5.99. The van der Waals surface area contributed by atoms with E-state index in [0.29, 0.717) is 26.3 Å². The number of amides is 1. The molecule has 0 radical (unpaired) electrons. The van der Waals surface area contributed by atoms with Gasteiger partial charge in [-0.2, -0.15) is 8.78 Å². The van der Waals surface area contributed by atoms with Crippen LogP contribution in [0.15, 0.2) is 29.2 Å². The molecule has 0 aromatic heterocycles. The molecule has 2 rings (SSSR count). The number of halogens is 2. The number of hydrogen-bond donors (Lipinski definition) is 1. The third-order valence-corrected chi connectivity index (χ3v) is 6.22. The molecule has 0 spiro atoms. The predicted molar refractivity (Wildman–Crippen MR) is 102 cm³/mol. The molecule has 0 unspecified atom stereocenters. The highest BCUT2D eigenvalue weighted by Gasteiger charge is 2.27. The van der Waals surface area contributed by atoms with E-state index in [-0.39, 0.29) is 16.7 Å². The fourth-order valence-electron chi connectivity index (χ4n) is 3.17. The van der Waals surface area contributed by atoms with Crippen LogP contribution in [0.3, 0.4) is 0 Å². The van der Waals surface area contributed by atoms with E-state index in [1.807, 2.05) is 6.92 Å². The second-order valence-electron chi connectivity index (χ2n) is 6.84. The molecule has 1 aromatic rings. The Labute approximate surface area is 165 Å². The molecule has 1 saturated heterocycles. The standard InChI is InChI=1S/C19H28F2N2O4S/c1-2-27-13-3-10-22-18(24)16-8-11-23(12-9-16)14-15-4-6-17(7-5-15)28(25,26)19(20)21/h4-7,16,19H,2-3,8-14H2,1H3,(H,22,24). The largest absolute Gasteiger partial charge is 0.382 e. The number of benzene rings is 1. The number of likely N-dealkylation sites (tertiary alicyclic amines) is 1. The lowest BCUT2D eigenvalue weighted by molar-refractivity contribution is -0.126. The number of sulfone groups is 1. The molecule has 0 saturated carbocycles. The summed E-state index contributed by atoms with van der Waals surface area (Å²) in [7, 11) is -4.56. The highest BCUT2D eigenvalue weighted by atomic mass is 32.2. The fraction of sp³-hybridized carbons (Fsp3) is 0.632. The van der Waals surface area contributed by atoms with Crippen LogP contribution in [0.2, 0.25) is 0 Å². The number of nitrogens with zero attached hydrogens (tertiary/aromatic N) is 1. The van der Waals surface area contributed by atoms with Crippen molar-refractivity contribution < 1.29 is 26.7 Å². The summed E-state index contributed by atoms with van der Waals surface area (Å²) in [5.74, 6) is -3.33. The summed E-state index contributed by atoms with van der Waals surface area (Å²) >= 11 is 0. The van der Waals surface area contributed by atoms with Crippen molar-refractivity contribution in [3.05, 3.63) is 29.8 Å². The predicted octanol–water partition coefficient (Wildman–Crippen LogP) is 2.44. The maximum atomic E-state index is 12.6. The van der Waals surface area contributed by atoms with E-state index in [1.54, 1.807) is 12.1 Å². The molecule has 1 N–H and O–H groups in total. The summed E-state index contributed by atoms with van der Waals surface area (Å²) in [4.78, 5) is 14.0. The normalized spacial score (nSPS) is 16.4. The van der Waals surface area contributed by atoms with Gasteiger partial charge in [-0.3, -0.25) is 9.69 Å². The molecule has 158 valence electrons. The van der Waals surface area contributed by atoms with Crippen molar-refractivity contribution in [3.63, 3.8) is 0 Å². The summed E-state index contributed by atoms with van der Waals surface area (Å²) < 4.78 is 53.3. The Morgan fingerprint density at radius 2 is 1.89 bits per heavy atom. The van der Waals surface area contributed by atoms with Crippen LogP contribution in [0.5, 0.6) is 0 Å². The lowest BCUT2D eigenvalue weighted by Gasteiger charge is -2.31. The molecule has 1 fully saturated rings. The van der Waals surface area contributed by atoms with Gasteiger partial charge >= 0.3 is 5.76 Å². The Morgan fingerprint density at radius 3 is 2.46 bits per heavy atom. The Hall–Kier alpha value is -1.58. The number of carbonyl (C=O) groups excluding carboxylic acids is 1. The van der Waals surface area contributed by atoms with Gasteiger partial charge in [-0.1, -0.05) is 12.1 Å². The second-order valence-corrected chi connectivity index (χ2v) is 8.76. The van der Waals surface area contributed by atoms with Gasteiger partial charge in [0.25, 0.3) is 0 Å². The van der Waals surface area contributed by atoms with E-state index in [1.165, 1.54) is 12.1 Å². The molecule has 0 atom stereocenters. The Bertz CT molecular complexity index is 718. The van der Waals surface area contributed by atoms with E-state index in [9.17, 15) is 22.0 Å². The molecule has 1 amide bonds. The average Bonchev–Trinajstić information content (AvgIpc) is 2.68. The van der Waals surface area contributed by atoms with Crippen LogP contribution in [0.4, 0.5) is 8.78 Å². The molecule has 0 aliphatic carbocycles. The first-order valence-electron chi connectivity index (χ1n) is 9.53. The number of alkyl halides is 2. The molecule has 1 aromatic carbocycles. The maximum absolute atomic E-state index is 12.6. The van der Waals surface area contributed by atoms with Crippen molar-refractivity contribution in [2.24, 2.45) is 5.92 Å². The van der Waals surface area contributed by atoms with Gasteiger partial charge in [0.15, 0.2) is 0 Å². The molecule has 0 bridgehead atoms. The monoisotopic (exact) mass is 418 g/mol. The van der Waals surface area contributed by atoms with E-state index in [2.05, 4.69) is 10.2 Å². The minimum absolute atomic E-state index is 0.00176. The molecule has 1 heterocycles. The first-order valence-corrected chi connectivity index (χ1v) is 11.1. The lowest BCUT2D eigenvalue weighted by Crippen LogP contribution is -2.40. The molecular weight excluding hydrogens is 390 g/mol. The SMILES string of the molecule is CCOCCCNC(=O)C1CCN(Cc2ccc(S(=O)(=O)C(F)F)cc2)CC1. The minimum atomic E-state index is -4.56. The van der Waals surface area contributed by atoms with E-state index >= 15 is 0 Å². The zero-order chi connectivity index (χ0) is 20.6. The van der Waals surface area contributed by atoms with Gasteiger partial charge in [-0.05, 0) is 57.0 Å². The van der Waals surface area contributed by atoms with Crippen molar-refractivity contribution in [1.82, 2.24) is 10.2 Å². The van der Waals surface area contributed by atoms with Gasteiger partial charge in [-0.15, -0.1) is 0 Å².